The third-order valence-corrected chi connectivity index (χ3v) is 5.52. The van der Waals surface area contributed by atoms with Crippen LogP contribution >= 0.6 is 0 Å². The molecule has 1 N–H and O–H groups in total. The number of amides is 1. The third-order valence-electron chi connectivity index (χ3n) is 5.52. The van der Waals surface area contributed by atoms with E-state index in [9.17, 15) is 4.79 Å². The zero-order valence-corrected chi connectivity index (χ0v) is 17.6. The van der Waals surface area contributed by atoms with Crippen molar-refractivity contribution < 1.29 is 18.7 Å². The van der Waals surface area contributed by atoms with Gasteiger partial charge in [-0.3, -0.25) is 9.20 Å². The smallest absolute Gasteiger partial charge is 0.258 e. The molecule has 0 spiro atoms. The largest absolute Gasteiger partial charge is 0.483 e. The van der Waals surface area contributed by atoms with Gasteiger partial charge >= 0.3 is 0 Å². The minimum Gasteiger partial charge on any atom is -0.483 e. The quantitative estimate of drug-likeness (QED) is 0.398. The molecule has 164 valence electrons. The summed E-state index contributed by atoms with van der Waals surface area (Å²) in [6.07, 6.45) is 8.92. The minimum atomic E-state index is -0.138. The number of imidazole rings is 1. The molecule has 4 heterocycles. The maximum absolute atomic E-state index is 12.3. The highest BCUT2D eigenvalue weighted by molar-refractivity contribution is 5.82. The number of carbonyl (C=O) groups excluding carboxylic acids is 1. The first kappa shape index (κ1) is 19.4. The lowest BCUT2D eigenvalue weighted by Crippen LogP contribution is -2.30. The first-order valence-electron chi connectivity index (χ1n) is 10.7. The van der Waals surface area contributed by atoms with Gasteiger partial charge in [0.25, 0.3) is 5.91 Å². The predicted octanol–water partition coefficient (Wildman–Crippen LogP) is 4.59. The van der Waals surface area contributed by atoms with Gasteiger partial charge in [0, 0.05) is 36.3 Å². The molecule has 0 radical (unpaired) electrons. The van der Waals surface area contributed by atoms with Gasteiger partial charge in [-0.1, -0.05) is 6.07 Å². The Morgan fingerprint density at radius 1 is 1.12 bits per heavy atom. The normalized spacial score (nSPS) is 13.3. The van der Waals surface area contributed by atoms with Crippen LogP contribution in [0.1, 0.15) is 12.8 Å². The summed E-state index contributed by atoms with van der Waals surface area (Å²) in [5.41, 5.74) is 3.22. The van der Waals surface area contributed by atoms with Crippen LogP contribution in [0, 0.1) is 0 Å². The van der Waals surface area contributed by atoms with Crippen molar-refractivity contribution in [3.63, 3.8) is 0 Å². The average molecular weight is 440 g/mol. The van der Waals surface area contributed by atoms with Crippen molar-refractivity contribution >= 4 is 22.5 Å². The maximum atomic E-state index is 12.3. The lowest BCUT2D eigenvalue weighted by Gasteiger charge is -2.15. The Balaban J connectivity index is 1.36. The SMILES string of the molecule is O=C(COc1cc(Oc2nccc3occc23)ccc1-c1cccc2nccn12)NC1CC1. The highest BCUT2D eigenvalue weighted by Gasteiger charge is 2.23. The van der Waals surface area contributed by atoms with E-state index in [0.29, 0.717) is 23.0 Å². The fourth-order valence-electron chi connectivity index (χ4n) is 3.77. The summed E-state index contributed by atoms with van der Waals surface area (Å²) in [6, 6.07) is 15.3. The van der Waals surface area contributed by atoms with Crippen LogP contribution in [0.15, 0.2) is 77.8 Å². The Hall–Kier alpha value is -4.33. The Morgan fingerprint density at radius 3 is 2.97 bits per heavy atom. The lowest BCUT2D eigenvalue weighted by atomic mass is 10.1. The molecule has 1 fully saturated rings. The van der Waals surface area contributed by atoms with E-state index >= 15 is 0 Å². The van der Waals surface area contributed by atoms with Crippen LogP contribution < -0.4 is 14.8 Å². The number of hydrogen-bond acceptors (Lipinski definition) is 6. The van der Waals surface area contributed by atoms with Crippen molar-refractivity contribution in [1.29, 1.82) is 0 Å². The summed E-state index contributed by atoms with van der Waals surface area (Å²) in [5.74, 6) is 1.36. The molecule has 0 saturated heterocycles. The first-order valence-corrected chi connectivity index (χ1v) is 10.7. The highest BCUT2D eigenvalue weighted by atomic mass is 16.5. The molecule has 1 aliphatic carbocycles. The molecule has 1 aliphatic rings. The number of fused-ring (bicyclic) bond motifs is 2. The average Bonchev–Trinajstić information content (AvgIpc) is 3.30. The van der Waals surface area contributed by atoms with Gasteiger partial charge in [-0.25, -0.2) is 9.97 Å². The van der Waals surface area contributed by atoms with E-state index < -0.39 is 0 Å². The summed E-state index contributed by atoms with van der Waals surface area (Å²) in [7, 11) is 0. The topological polar surface area (TPSA) is 90.9 Å². The number of nitrogens with zero attached hydrogens (tertiary/aromatic N) is 3. The maximum Gasteiger partial charge on any atom is 0.258 e. The van der Waals surface area contributed by atoms with Crippen LogP contribution in [0.4, 0.5) is 0 Å². The summed E-state index contributed by atoms with van der Waals surface area (Å²) in [6.45, 7) is -0.0809. The molecule has 0 aliphatic heterocycles. The second kappa shape index (κ2) is 7.98. The Bertz CT molecular complexity index is 1470. The number of carbonyl (C=O) groups is 1. The van der Waals surface area contributed by atoms with Crippen molar-refractivity contribution in [2.24, 2.45) is 0 Å². The Morgan fingerprint density at radius 2 is 2.06 bits per heavy atom. The van der Waals surface area contributed by atoms with Crippen LogP contribution in [0.3, 0.4) is 0 Å². The molecule has 8 nitrogen and oxygen atoms in total. The Kier molecular flexibility index (Phi) is 4.68. The number of rotatable bonds is 7. The van der Waals surface area contributed by atoms with Gasteiger partial charge in [0.2, 0.25) is 5.88 Å². The zero-order valence-electron chi connectivity index (χ0n) is 17.6. The molecule has 5 aromatic rings. The van der Waals surface area contributed by atoms with Crippen molar-refractivity contribution in [2.75, 3.05) is 6.61 Å². The van der Waals surface area contributed by atoms with Gasteiger partial charge in [0.15, 0.2) is 6.61 Å². The van der Waals surface area contributed by atoms with E-state index in [-0.39, 0.29) is 18.6 Å². The number of furan rings is 1. The fourth-order valence-corrected chi connectivity index (χ4v) is 3.77. The summed E-state index contributed by atoms with van der Waals surface area (Å²) >= 11 is 0. The van der Waals surface area contributed by atoms with Crippen LogP contribution in [-0.4, -0.2) is 32.9 Å². The molecule has 1 amide bonds. The van der Waals surface area contributed by atoms with E-state index in [1.54, 1.807) is 30.8 Å². The van der Waals surface area contributed by atoms with Crippen molar-refractivity contribution in [3.8, 4) is 28.6 Å². The standard InChI is InChI=1S/C25H20N4O4/c30-24(28-16-4-5-16)15-32-22-14-17(33-25-19-9-13-31-21(19)8-10-27-25)6-7-18(22)20-2-1-3-23-26-11-12-29(20)23/h1-3,6-14,16H,4-5,15H2,(H,28,30). The predicted molar refractivity (Wildman–Crippen MR) is 121 cm³/mol. The van der Waals surface area contributed by atoms with Crippen molar-refractivity contribution in [2.45, 2.75) is 18.9 Å². The van der Waals surface area contributed by atoms with Gasteiger partial charge in [-0.2, -0.15) is 0 Å². The number of benzene rings is 1. The molecule has 1 aromatic carbocycles. The van der Waals surface area contributed by atoms with E-state index in [1.165, 1.54) is 0 Å². The fraction of sp³-hybridized carbons (Fsp3) is 0.160. The summed E-state index contributed by atoms with van der Waals surface area (Å²) in [5, 5.41) is 3.72. The summed E-state index contributed by atoms with van der Waals surface area (Å²) in [4.78, 5) is 21.0. The molecular weight excluding hydrogens is 420 g/mol. The molecule has 33 heavy (non-hydrogen) atoms. The molecule has 6 rings (SSSR count). The van der Waals surface area contributed by atoms with Crippen LogP contribution in [0.2, 0.25) is 0 Å². The van der Waals surface area contributed by atoms with E-state index in [1.807, 2.05) is 47.0 Å². The number of pyridine rings is 2. The zero-order chi connectivity index (χ0) is 22.2. The molecule has 0 atom stereocenters. The van der Waals surface area contributed by atoms with Gasteiger partial charge < -0.3 is 19.2 Å². The molecule has 0 bridgehead atoms. The van der Waals surface area contributed by atoms with E-state index in [2.05, 4.69) is 15.3 Å². The molecule has 4 aromatic heterocycles. The van der Waals surface area contributed by atoms with Gasteiger partial charge in [-0.05, 0) is 49.2 Å². The molecule has 0 unspecified atom stereocenters. The molecular formula is C25H20N4O4. The second-order valence-corrected chi connectivity index (χ2v) is 7.91. The van der Waals surface area contributed by atoms with Crippen LogP contribution in [0.5, 0.6) is 17.4 Å². The highest BCUT2D eigenvalue weighted by Crippen LogP contribution is 2.36. The van der Waals surface area contributed by atoms with Gasteiger partial charge in [0.05, 0.1) is 17.3 Å². The van der Waals surface area contributed by atoms with Crippen LogP contribution in [0.25, 0.3) is 27.9 Å². The van der Waals surface area contributed by atoms with Gasteiger partial charge in [-0.15, -0.1) is 0 Å². The number of hydrogen-bond donors (Lipinski definition) is 1. The monoisotopic (exact) mass is 440 g/mol. The molecule has 8 heteroatoms. The van der Waals surface area contributed by atoms with Crippen molar-refractivity contribution in [1.82, 2.24) is 19.7 Å². The first-order chi connectivity index (χ1) is 16.2. The summed E-state index contributed by atoms with van der Waals surface area (Å²) < 4.78 is 19.5. The van der Waals surface area contributed by atoms with Gasteiger partial charge in [0.1, 0.15) is 22.7 Å². The van der Waals surface area contributed by atoms with Crippen molar-refractivity contribution in [3.05, 3.63) is 73.4 Å². The second-order valence-electron chi connectivity index (χ2n) is 7.91. The number of ether oxygens (including phenoxy) is 2. The number of nitrogens with one attached hydrogen (secondary N) is 1. The van der Waals surface area contributed by atoms with Crippen LogP contribution in [-0.2, 0) is 4.79 Å². The Labute approximate surface area is 188 Å². The minimum absolute atomic E-state index is 0.0809. The van der Waals surface area contributed by atoms with E-state index in [4.69, 9.17) is 13.9 Å². The lowest BCUT2D eigenvalue weighted by molar-refractivity contribution is -0.123. The van der Waals surface area contributed by atoms with E-state index in [0.717, 1.165) is 35.1 Å². The number of aromatic nitrogens is 3. The molecule has 1 saturated carbocycles. The third kappa shape index (κ3) is 3.87.